The van der Waals surface area contributed by atoms with Crippen molar-refractivity contribution >= 4 is 27.6 Å². The molecule has 0 aromatic heterocycles. The van der Waals surface area contributed by atoms with E-state index in [9.17, 15) is 4.79 Å². The van der Waals surface area contributed by atoms with Crippen LogP contribution in [-0.4, -0.2) is 25.3 Å². The molecule has 0 radical (unpaired) electrons. The van der Waals surface area contributed by atoms with Gasteiger partial charge in [-0.2, -0.15) is 0 Å². The van der Waals surface area contributed by atoms with Gasteiger partial charge in [-0.1, -0.05) is 22.0 Å². The second-order valence-corrected chi connectivity index (χ2v) is 3.54. The highest BCUT2D eigenvalue weighted by atomic mass is 79.9. The fraction of sp³-hybridized carbons (Fsp3) is 0.222. The summed E-state index contributed by atoms with van der Waals surface area (Å²) in [6.45, 7) is 0. The molecule has 0 fully saturated rings. The Morgan fingerprint density at radius 2 is 2.29 bits per heavy atom. The van der Waals surface area contributed by atoms with Crippen molar-refractivity contribution < 1.29 is 9.63 Å². The maximum absolute atomic E-state index is 11.3. The zero-order valence-electron chi connectivity index (χ0n) is 7.95. The third-order valence-electron chi connectivity index (χ3n) is 1.64. The van der Waals surface area contributed by atoms with Gasteiger partial charge in [-0.25, -0.2) is 9.86 Å². The topological polar surface area (TPSA) is 41.6 Å². The molecule has 5 heteroatoms. The number of benzene rings is 1. The van der Waals surface area contributed by atoms with Gasteiger partial charge in [-0.3, -0.25) is 4.84 Å². The first-order valence-electron chi connectivity index (χ1n) is 3.98. The SMILES string of the molecule is CON(C)C(=O)Nc1cccc(Br)c1. The van der Waals surface area contributed by atoms with Crippen LogP contribution in [0.1, 0.15) is 0 Å². The number of anilines is 1. The van der Waals surface area contributed by atoms with Gasteiger partial charge in [0.15, 0.2) is 0 Å². The van der Waals surface area contributed by atoms with Crippen molar-refractivity contribution in [2.45, 2.75) is 0 Å². The van der Waals surface area contributed by atoms with E-state index in [0.717, 1.165) is 9.54 Å². The highest BCUT2D eigenvalue weighted by Gasteiger charge is 2.06. The first-order chi connectivity index (χ1) is 6.63. The highest BCUT2D eigenvalue weighted by Crippen LogP contribution is 2.15. The lowest BCUT2D eigenvalue weighted by Crippen LogP contribution is -2.30. The van der Waals surface area contributed by atoms with E-state index in [-0.39, 0.29) is 6.03 Å². The van der Waals surface area contributed by atoms with E-state index in [4.69, 9.17) is 4.84 Å². The fourth-order valence-electron chi connectivity index (χ4n) is 0.851. The minimum absolute atomic E-state index is 0.314. The maximum Gasteiger partial charge on any atom is 0.345 e. The zero-order chi connectivity index (χ0) is 10.6. The first-order valence-corrected chi connectivity index (χ1v) is 4.77. The minimum atomic E-state index is -0.314. The van der Waals surface area contributed by atoms with Crippen molar-refractivity contribution in [3.63, 3.8) is 0 Å². The minimum Gasteiger partial charge on any atom is -0.306 e. The number of hydrogen-bond acceptors (Lipinski definition) is 2. The van der Waals surface area contributed by atoms with E-state index in [1.54, 1.807) is 12.1 Å². The van der Waals surface area contributed by atoms with Gasteiger partial charge in [-0.05, 0) is 18.2 Å². The van der Waals surface area contributed by atoms with Crippen LogP contribution in [0.15, 0.2) is 28.7 Å². The molecule has 0 saturated carbocycles. The van der Waals surface area contributed by atoms with Gasteiger partial charge in [0.2, 0.25) is 0 Å². The molecule has 76 valence electrons. The van der Waals surface area contributed by atoms with Crippen molar-refractivity contribution in [1.82, 2.24) is 5.06 Å². The Morgan fingerprint density at radius 3 is 2.86 bits per heavy atom. The lowest BCUT2D eigenvalue weighted by Gasteiger charge is -2.14. The third kappa shape index (κ3) is 3.01. The number of halogens is 1. The molecule has 0 aliphatic rings. The summed E-state index contributed by atoms with van der Waals surface area (Å²) in [5, 5.41) is 3.78. The van der Waals surface area contributed by atoms with Crippen LogP contribution in [-0.2, 0) is 4.84 Å². The van der Waals surface area contributed by atoms with Crippen molar-refractivity contribution in [1.29, 1.82) is 0 Å². The Balaban J connectivity index is 2.65. The predicted octanol–water partition coefficient (Wildman–Crippen LogP) is 2.47. The number of rotatable bonds is 2. The quantitative estimate of drug-likeness (QED) is 0.829. The molecule has 1 rings (SSSR count). The third-order valence-corrected chi connectivity index (χ3v) is 2.13. The number of hydrogen-bond donors (Lipinski definition) is 1. The summed E-state index contributed by atoms with van der Waals surface area (Å²) in [4.78, 5) is 16.1. The van der Waals surface area contributed by atoms with Crippen LogP contribution in [0.4, 0.5) is 10.5 Å². The van der Waals surface area contributed by atoms with Gasteiger partial charge < -0.3 is 5.32 Å². The molecule has 0 saturated heterocycles. The van der Waals surface area contributed by atoms with E-state index < -0.39 is 0 Å². The summed E-state index contributed by atoms with van der Waals surface area (Å²) < 4.78 is 0.912. The van der Waals surface area contributed by atoms with Gasteiger partial charge in [0.1, 0.15) is 0 Å². The van der Waals surface area contributed by atoms with Crippen molar-refractivity contribution in [3.8, 4) is 0 Å². The Morgan fingerprint density at radius 1 is 1.57 bits per heavy atom. The summed E-state index contributed by atoms with van der Waals surface area (Å²) in [6, 6.07) is 7.01. The summed E-state index contributed by atoms with van der Waals surface area (Å²) in [5.41, 5.74) is 0.716. The molecule has 14 heavy (non-hydrogen) atoms. The molecule has 0 heterocycles. The number of nitrogens with one attached hydrogen (secondary N) is 1. The van der Waals surface area contributed by atoms with E-state index in [1.807, 2.05) is 12.1 Å². The molecule has 0 bridgehead atoms. The average Bonchev–Trinajstić information content (AvgIpc) is 2.16. The number of nitrogens with zero attached hydrogens (tertiary/aromatic N) is 1. The molecular formula is C9H11BrN2O2. The van der Waals surface area contributed by atoms with E-state index in [0.29, 0.717) is 5.69 Å². The Bertz CT molecular complexity index is 330. The fourth-order valence-corrected chi connectivity index (χ4v) is 1.25. The molecule has 0 aliphatic carbocycles. The van der Waals surface area contributed by atoms with Crippen molar-refractivity contribution in [2.75, 3.05) is 19.5 Å². The number of amides is 2. The second-order valence-electron chi connectivity index (χ2n) is 2.62. The molecule has 0 spiro atoms. The predicted molar refractivity (Wildman–Crippen MR) is 57.9 cm³/mol. The number of carbonyl (C=O) groups excluding carboxylic acids is 1. The molecule has 0 unspecified atom stereocenters. The van der Waals surface area contributed by atoms with Gasteiger partial charge in [0, 0.05) is 17.2 Å². The molecule has 0 aliphatic heterocycles. The van der Waals surface area contributed by atoms with Crippen LogP contribution in [0.2, 0.25) is 0 Å². The number of hydroxylamine groups is 2. The summed E-state index contributed by atoms with van der Waals surface area (Å²) in [5.74, 6) is 0. The lowest BCUT2D eigenvalue weighted by molar-refractivity contribution is -0.0598. The first kappa shape index (κ1) is 11.0. The van der Waals surface area contributed by atoms with Crippen LogP contribution in [0.5, 0.6) is 0 Å². The zero-order valence-corrected chi connectivity index (χ0v) is 9.54. The van der Waals surface area contributed by atoms with E-state index in [2.05, 4.69) is 21.2 Å². The van der Waals surface area contributed by atoms with Gasteiger partial charge in [0.25, 0.3) is 0 Å². The standard InChI is InChI=1S/C9H11BrN2O2/c1-12(14-2)9(13)11-8-5-3-4-7(10)6-8/h3-6H,1-2H3,(H,11,13). The van der Waals surface area contributed by atoms with E-state index >= 15 is 0 Å². The van der Waals surface area contributed by atoms with Crippen molar-refractivity contribution in [3.05, 3.63) is 28.7 Å². The molecule has 1 aromatic rings. The summed E-state index contributed by atoms with van der Waals surface area (Å²) in [6.07, 6.45) is 0. The second kappa shape index (κ2) is 4.97. The Kier molecular flexibility index (Phi) is 3.91. The summed E-state index contributed by atoms with van der Waals surface area (Å²) >= 11 is 3.31. The van der Waals surface area contributed by atoms with E-state index in [1.165, 1.54) is 14.2 Å². The smallest absolute Gasteiger partial charge is 0.306 e. The van der Waals surface area contributed by atoms with Crippen LogP contribution < -0.4 is 5.32 Å². The van der Waals surface area contributed by atoms with Gasteiger partial charge >= 0.3 is 6.03 Å². The molecule has 1 aromatic carbocycles. The van der Waals surface area contributed by atoms with Crippen molar-refractivity contribution in [2.24, 2.45) is 0 Å². The number of urea groups is 1. The average molecular weight is 259 g/mol. The molecule has 2 amide bonds. The molecule has 1 N–H and O–H groups in total. The largest absolute Gasteiger partial charge is 0.345 e. The van der Waals surface area contributed by atoms with Crippen LogP contribution in [0.3, 0.4) is 0 Å². The Labute approximate surface area is 90.9 Å². The Hall–Kier alpha value is -1.07. The highest BCUT2D eigenvalue weighted by molar-refractivity contribution is 9.10. The monoisotopic (exact) mass is 258 g/mol. The normalized spacial score (nSPS) is 9.64. The lowest BCUT2D eigenvalue weighted by atomic mass is 10.3. The van der Waals surface area contributed by atoms with Crippen LogP contribution in [0.25, 0.3) is 0 Å². The number of carbonyl (C=O) groups is 1. The molecular weight excluding hydrogens is 248 g/mol. The molecule has 4 nitrogen and oxygen atoms in total. The van der Waals surface area contributed by atoms with Crippen LogP contribution in [0, 0.1) is 0 Å². The van der Waals surface area contributed by atoms with Crippen LogP contribution >= 0.6 is 15.9 Å². The maximum atomic E-state index is 11.3. The molecule has 0 atom stereocenters. The van der Waals surface area contributed by atoms with Gasteiger partial charge in [-0.15, -0.1) is 0 Å². The summed E-state index contributed by atoms with van der Waals surface area (Å²) in [7, 11) is 2.97. The van der Waals surface area contributed by atoms with Gasteiger partial charge in [0.05, 0.1) is 7.11 Å².